The number of aryl methyl sites for hydroxylation is 2. The van der Waals surface area contributed by atoms with E-state index in [1.165, 1.54) is 37.7 Å². The summed E-state index contributed by atoms with van der Waals surface area (Å²) in [5, 5.41) is 0.716. The lowest BCUT2D eigenvalue weighted by molar-refractivity contribution is 0.102. The Morgan fingerprint density at radius 3 is 2.61 bits per heavy atom. The predicted molar refractivity (Wildman–Crippen MR) is 79.6 cm³/mol. The van der Waals surface area contributed by atoms with E-state index in [1.807, 2.05) is 30.8 Å². The zero-order chi connectivity index (χ0) is 13.0. The summed E-state index contributed by atoms with van der Waals surface area (Å²) in [6.07, 6.45) is 6.66. The number of hydrogen-bond acceptors (Lipinski definition) is 2. The molecule has 1 aromatic carbocycles. The van der Waals surface area contributed by atoms with Crippen LogP contribution in [0.25, 0.3) is 0 Å². The molecule has 0 unspecified atom stereocenters. The number of hydrogen-bond donors (Lipinski definition) is 0. The molecule has 0 aliphatic heterocycles. The summed E-state index contributed by atoms with van der Waals surface area (Å²) in [6.45, 7) is 4.10. The van der Waals surface area contributed by atoms with E-state index in [-0.39, 0.29) is 0 Å². The standard InChI is InChI=1S/C16H22OS/c1-12-8-9-15(13(2)10-12)16(17)11-18-14-6-4-3-5-7-14/h8-10,14H,3-7,11H2,1-2H3. The van der Waals surface area contributed by atoms with Gasteiger partial charge in [-0.15, -0.1) is 0 Å². The highest BCUT2D eigenvalue weighted by Gasteiger charge is 2.16. The largest absolute Gasteiger partial charge is 0.293 e. The average molecular weight is 262 g/mol. The Kier molecular flexibility index (Phi) is 4.87. The molecule has 0 bridgehead atoms. The highest BCUT2D eigenvalue weighted by molar-refractivity contribution is 8.00. The summed E-state index contributed by atoms with van der Waals surface area (Å²) in [5.74, 6) is 0.942. The van der Waals surface area contributed by atoms with Crippen LogP contribution >= 0.6 is 11.8 Å². The molecule has 1 nitrogen and oxygen atoms in total. The topological polar surface area (TPSA) is 17.1 Å². The van der Waals surface area contributed by atoms with E-state index < -0.39 is 0 Å². The molecule has 0 heterocycles. The fraction of sp³-hybridized carbons (Fsp3) is 0.562. The van der Waals surface area contributed by atoms with Gasteiger partial charge in [0.25, 0.3) is 0 Å². The molecule has 1 aliphatic carbocycles. The number of rotatable bonds is 4. The first-order valence-corrected chi connectivity index (χ1v) is 7.94. The first-order valence-electron chi connectivity index (χ1n) is 6.89. The van der Waals surface area contributed by atoms with Crippen molar-refractivity contribution in [2.24, 2.45) is 0 Å². The smallest absolute Gasteiger partial charge is 0.172 e. The van der Waals surface area contributed by atoms with Crippen molar-refractivity contribution in [2.45, 2.75) is 51.2 Å². The normalized spacial score (nSPS) is 16.8. The van der Waals surface area contributed by atoms with Gasteiger partial charge in [0.15, 0.2) is 5.78 Å². The molecule has 1 fully saturated rings. The Morgan fingerprint density at radius 1 is 1.22 bits per heavy atom. The summed E-state index contributed by atoms with van der Waals surface area (Å²) in [4.78, 5) is 12.2. The Labute approximate surface area is 114 Å². The Bertz CT molecular complexity index is 419. The van der Waals surface area contributed by atoms with Crippen LogP contribution in [-0.2, 0) is 0 Å². The molecule has 0 atom stereocenters. The molecule has 0 radical (unpaired) electrons. The lowest BCUT2D eigenvalue weighted by Gasteiger charge is -2.20. The van der Waals surface area contributed by atoms with E-state index in [1.54, 1.807) is 0 Å². The Morgan fingerprint density at radius 2 is 1.94 bits per heavy atom. The summed E-state index contributed by atoms with van der Waals surface area (Å²) in [5.41, 5.74) is 3.25. The summed E-state index contributed by atoms with van der Waals surface area (Å²) in [7, 11) is 0. The van der Waals surface area contributed by atoms with Crippen LogP contribution in [0.2, 0.25) is 0 Å². The summed E-state index contributed by atoms with van der Waals surface area (Å²) < 4.78 is 0. The van der Waals surface area contributed by atoms with E-state index in [4.69, 9.17) is 0 Å². The van der Waals surface area contributed by atoms with Gasteiger partial charge in [0.05, 0.1) is 5.75 Å². The second-order valence-corrected chi connectivity index (χ2v) is 6.60. The molecule has 1 aliphatic rings. The van der Waals surface area contributed by atoms with Crippen LogP contribution in [0.4, 0.5) is 0 Å². The fourth-order valence-corrected chi connectivity index (χ4v) is 3.84. The SMILES string of the molecule is Cc1ccc(C(=O)CSC2CCCCC2)c(C)c1. The average Bonchev–Trinajstić information content (AvgIpc) is 2.37. The molecule has 0 saturated heterocycles. The third-order valence-corrected chi connectivity index (χ3v) is 5.06. The molecule has 1 saturated carbocycles. The maximum absolute atomic E-state index is 12.2. The minimum atomic E-state index is 0.295. The zero-order valence-corrected chi connectivity index (χ0v) is 12.2. The van der Waals surface area contributed by atoms with Crippen LogP contribution in [-0.4, -0.2) is 16.8 Å². The third kappa shape index (κ3) is 3.61. The van der Waals surface area contributed by atoms with Crippen molar-refractivity contribution < 1.29 is 4.79 Å². The lowest BCUT2D eigenvalue weighted by atomic mass is 10.0. The molecule has 18 heavy (non-hydrogen) atoms. The van der Waals surface area contributed by atoms with Crippen molar-refractivity contribution in [3.05, 3.63) is 34.9 Å². The van der Waals surface area contributed by atoms with Gasteiger partial charge in [-0.25, -0.2) is 0 Å². The van der Waals surface area contributed by atoms with Crippen molar-refractivity contribution in [3.8, 4) is 0 Å². The predicted octanol–water partition coefficient (Wildman–Crippen LogP) is 4.55. The van der Waals surface area contributed by atoms with Crippen molar-refractivity contribution in [1.29, 1.82) is 0 Å². The second-order valence-electron chi connectivity index (χ2n) is 5.31. The van der Waals surface area contributed by atoms with Crippen molar-refractivity contribution in [2.75, 3.05) is 5.75 Å². The molecule has 0 N–H and O–H groups in total. The van der Waals surface area contributed by atoms with Crippen LogP contribution in [0.5, 0.6) is 0 Å². The summed E-state index contributed by atoms with van der Waals surface area (Å²) in [6, 6.07) is 6.11. The first kappa shape index (κ1) is 13.7. The van der Waals surface area contributed by atoms with E-state index in [0.29, 0.717) is 16.8 Å². The number of carbonyl (C=O) groups excluding carboxylic acids is 1. The van der Waals surface area contributed by atoms with E-state index >= 15 is 0 Å². The molecule has 0 spiro atoms. The lowest BCUT2D eigenvalue weighted by Crippen LogP contribution is -2.13. The molecule has 1 aromatic rings. The van der Waals surface area contributed by atoms with Crippen molar-refractivity contribution in [3.63, 3.8) is 0 Å². The Hall–Kier alpha value is -0.760. The fourth-order valence-electron chi connectivity index (χ4n) is 2.63. The number of Topliss-reactive ketones (excluding diaryl/α,β-unsaturated/α-hetero) is 1. The van der Waals surface area contributed by atoms with Gasteiger partial charge in [-0.2, -0.15) is 11.8 Å². The van der Waals surface area contributed by atoms with Crippen LogP contribution in [0, 0.1) is 13.8 Å². The highest BCUT2D eigenvalue weighted by atomic mass is 32.2. The van der Waals surface area contributed by atoms with Gasteiger partial charge in [0.1, 0.15) is 0 Å². The molecule has 2 heteroatoms. The number of benzene rings is 1. The minimum Gasteiger partial charge on any atom is -0.293 e. The monoisotopic (exact) mass is 262 g/mol. The third-order valence-electron chi connectivity index (χ3n) is 3.68. The molecule has 2 rings (SSSR count). The van der Waals surface area contributed by atoms with Gasteiger partial charge >= 0.3 is 0 Å². The van der Waals surface area contributed by atoms with Gasteiger partial charge in [-0.05, 0) is 32.3 Å². The van der Waals surface area contributed by atoms with Crippen molar-refractivity contribution >= 4 is 17.5 Å². The van der Waals surface area contributed by atoms with Gasteiger partial charge in [-0.1, -0.05) is 43.0 Å². The quantitative estimate of drug-likeness (QED) is 0.740. The van der Waals surface area contributed by atoms with Crippen LogP contribution in [0.15, 0.2) is 18.2 Å². The van der Waals surface area contributed by atoms with E-state index in [0.717, 1.165) is 11.1 Å². The van der Waals surface area contributed by atoms with Gasteiger partial charge in [-0.3, -0.25) is 4.79 Å². The van der Waals surface area contributed by atoms with Crippen LogP contribution in [0.3, 0.4) is 0 Å². The summed E-state index contributed by atoms with van der Waals surface area (Å²) >= 11 is 1.86. The van der Waals surface area contributed by atoms with Crippen LogP contribution in [0.1, 0.15) is 53.6 Å². The molecule has 0 aromatic heterocycles. The molecular weight excluding hydrogens is 240 g/mol. The van der Waals surface area contributed by atoms with Gasteiger partial charge in [0, 0.05) is 10.8 Å². The van der Waals surface area contributed by atoms with E-state index in [9.17, 15) is 4.79 Å². The Balaban J connectivity index is 1.90. The number of thioether (sulfide) groups is 1. The maximum Gasteiger partial charge on any atom is 0.172 e. The number of ketones is 1. The maximum atomic E-state index is 12.2. The highest BCUT2D eigenvalue weighted by Crippen LogP contribution is 2.28. The number of carbonyl (C=O) groups is 1. The molecular formula is C16H22OS. The molecule has 0 amide bonds. The van der Waals surface area contributed by atoms with Gasteiger partial charge in [0.2, 0.25) is 0 Å². The van der Waals surface area contributed by atoms with Gasteiger partial charge < -0.3 is 0 Å². The van der Waals surface area contributed by atoms with Crippen molar-refractivity contribution in [1.82, 2.24) is 0 Å². The minimum absolute atomic E-state index is 0.295. The van der Waals surface area contributed by atoms with Crippen LogP contribution < -0.4 is 0 Å². The zero-order valence-electron chi connectivity index (χ0n) is 11.4. The van der Waals surface area contributed by atoms with E-state index in [2.05, 4.69) is 13.0 Å². The molecule has 98 valence electrons. The second kappa shape index (κ2) is 6.42. The first-order chi connectivity index (χ1) is 8.66.